The number of nitrogens with zero attached hydrogens (tertiary/aromatic N) is 2. The minimum absolute atomic E-state index is 0. The Morgan fingerprint density at radius 3 is 2.82 bits per heavy atom. The lowest BCUT2D eigenvalue weighted by atomic mass is 10.1. The molecule has 8 heteroatoms. The van der Waals surface area contributed by atoms with Gasteiger partial charge in [-0.2, -0.15) is 0 Å². The number of thiazole rings is 1. The van der Waals surface area contributed by atoms with Gasteiger partial charge in [0.05, 0.1) is 24.8 Å². The zero-order valence-electron chi connectivity index (χ0n) is 16.7. The van der Waals surface area contributed by atoms with Crippen LogP contribution in [-0.4, -0.2) is 37.8 Å². The molecule has 0 bridgehead atoms. The Morgan fingerprint density at radius 1 is 1.32 bits per heavy atom. The molecule has 1 aromatic carbocycles. The topological polar surface area (TPSA) is 67.8 Å². The number of guanidine groups is 1. The first-order valence-corrected chi connectivity index (χ1v) is 10.1. The molecule has 0 aliphatic carbocycles. The van der Waals surface area contributed by atoms with E-state index in [1.165, 1.54) is 10.4 Å². The number of aromatic nitrogens is 1. The van der Waals surface area contributed by atoms with Gasteiger partial charge in [0.1, 0.15) is 5.75 Å². The Kier molecular flexibility index (Phi) is 9.46. The van der Waals surface area contributed by atoms with Gasteiger partial charge >= 0.3 is 0 Å². The molecule has 2 aromatic rings. The van der Waals surface area contributed by atoms with Crippen molar-refractivity contribution in [3.05, 3.63) is 45.4 Å². The lowest BCUT2D eigenvalue weighted by Crippen LogP contribution is -2.36. The van der Waals surface area contributed by atoms with Crippen molar-refractivity contribution in [3.63, 3.8) is 0 Å². The fourth-order valence-electron chi connectivity index (χ4n) is 2.92. The third kappa shape index (κ3) is 6.89. The zero-order chi connectivity index (χ0) is 19.1. The normalized spacial score (nSPS) is 16.5. The third-order valence-electron chi connectivity index (χ3n) is 4.49. The maximum atomic E-state index is 6.11. The molecule has 3 rings (SSSR count). The van der Waals surface area contributed by atoms with E-state index in [1.807, 2.05) is 13.1 Å². The Morgan fingerprint density at radius 2 is 2.14 bits per heavy atom. The summed E-state index contributed by atoms with van der Waals surface area (Å²) in [5.74, 6) is 2.18. The molecular weight excluding hydrogens is 487 g/mol. The summed E-state index contributed by atoms with van der Waals surface area (Å²) >= 11 is 1.69. The second kappa shape index (κ2) is 11.6. The van der Waals surface area contributed by atoms with Crippen LogP contribution in [0, 0.1) is 19.8 Å². The third-order valence-corrected chi connectivity index (χ3v) is 5.40. The van der Waals surface area contributed by atoms with Gasteiger partial charge in [0.25, 0.3) is 0 Å². The first kappa shape index (κ1) is 22.9. The van der Waals surface area contributed by atoms with Crippen LogP contribution in [0.15, 0.2) is 29.4 Å². The number of hydrogen-bond acceptors (Lipinski definition) is 5. The van der Waals surface area contributed by atoms with E-state index < -0.39 is 0 Å². The predicted octanol–water partition coefficient (Wildman–Crippen LogP) is 3.66. The molecule has 0 amide bonds. The minimum atomic E-state index is 0. The number of ether oxygens (including phenoxy) is 2. The molecule has 1 unspecified atom stereocenters. The van der Waals surface area contributed by atoms with Gasteiger partial charge in [-0.3, -0.25) is 4.99 Å². The van der Waals surface area contributed by atoms with Crippen molar-refractivity contribution in [1.29, 1.82) is 0 Å². The molecule has 1 aromatic heterocycles. The predicted molar refractivity (Wildman–Crippen MR) is 125 cm³/mol. The van der Waals surface area contributed by atoms with E-state index >= 15 is 0 Å². The standard InChI is InChI=1S/C20H28N4O2S.HI/c1-14-4-5-17(19(8-14)26-13-16-6-7-25-12-16)9-23-20(21-3)24-11-18-10-22-15(2)27-18;/h4-5,8,10,16H,6-7,9,11-13H2,1-3H3,(H2,21,23,24);1H. The highest BCUT2D eigenvalue weighted by Gasteiger charge is 2.17. The summed E-state index contributed by atoms with van der Waals surface area (Å²) < 4.78 is 11.6. The van der Waals surface area contributed by atoms with Gasteiger partial charge in [-0.05, 0) is 31.9 Å². The number of benzene rings is 1. The van der Waals surface area contributed by atoms with E-state index in [2.05, 4.69) is 45.7 Å². The highest BCUT2D eigenvalue weighted by Crippen LogP contribution is 2.22. The second-order valence-corrected chi connectivity index (χ2v) is 8.10. The average Bonchev–Trinajstić information content (AvgIpc) is 3.33. The number of aliphatic imine (C=N–C) groups is 1. The monoisotopic (exact) mass is 516 g/mol. The highest BCUT2D eigenvalue weighted by atomic mass is 127. The first-order valence-electron chi connectivity index (χ1n) is 9.30. The average molecular weight is 516 g/mol. The summed E-state index contributed by atoms with van der Waals surface area (Å²) in [5, 5.41) is 7.77. The minimum Gasteiger partial charge on any atom is -0.493 e. The number of hydrogen-bond donors (Lipinski definition) is 2. The molecule has 1 saturated heterocycles. The van der Waals surface area contributed by atoms with Crippen LogP contribution in [-0.2, 0) is 17.8 Å². The number of nitrogens with one attached hydrogen (secondary N) is 2. The van der Waals surface area contributed by atoms with E-state index in [-0.39, 0.29) is 24.0 Å². The van der Waals surface area contributed by atoms with Gasteiger partial charge in [0.15, 0.2) is 5.96 Å². The van der Waals surface area contributed by atoms with Crippen molar-refractivity contribution in [2.75, 3.05) is 26.9 Å². The van der Waals surface area contributed by atoms with E-state index in [4.69, 9.17) is 9.47 Å². The van der Waals surface area contributed by atoms with Crippen LogP contribution in [0.5, 0.6) is 5.75 Å². The summed E-state index contributed by atoms with van der Waals surface area (Å²) in [6.07, 6.45) is 2.98. The van der Waals surface area contributed by atoms with Gasteiger partial charge < -0.3 is 20.1 Å². The molecule has 2 N–H and O–H groups in total. The molecule has 1 atom stereocenters. The lowest BCUT2D eigenvalue weighted by Gasteiger charge is -2.16. The van der Waals surface area contributed by atoms with Crippen molar-refractivity contribution in [2.24, 2.45) is 10.9 Å². The molecule has 0 saturated carbocycles. The molecule has 1 aliphatic heterocycles. The molecule has 28 heavy (non-hydrogen) atoms. The van der Waals surface area contributed by atoms with Gasteiger partial charge in [0.2, 0.25) is 0 Å². The van der Waals surface area contributed by atoms with Crippen LogP contribution in [0.2, 0.25) is 0 Å². The van der Waals surface area contributed by atoms with E-state index in [1.54, 1.807) is 18.4 Å². The maximum Gasteiger partial charge on any atom is 0.191 e. The van der Waals surface area contributed by atoms with E-state index in [0.717, 1.165) is 41.9 Å². The van der Waals surface area contributed by atoms with Crippen LogP contribution < -0.4 is 15.4 Å². The SMILES string of the molecule is CN=C(NCc1cnc(C)s1)NCc1ccc(C)cc1OCC1CCOC1.I. The maximum absolute atomic E-state index is 6.11. The summed E-state index contributed by atoms with van der Waals surface area (Å²) in [5.41, 5.74) is 2.32. The van der Waals surface area contributed by atoms with Crippen molar-refractivity contribution in [1.82, 2.24) is 15.6 Å². The fourth-order valence-corrected chi connectivity index (χ4v) is 3.66. The molecular formula is C20H29IN4O2S. The van der Waals surface area contributed by atoms with Crippen LogP contribution in [0.1, 0.15) is 27.4 Å². The van der Waals surface area contributed by atoms with Crippen molar-refractivity contribution >= 4 is 41.3 Å². The molecule has 1 fully saturated rings. The Bertz CT molecular complexity index is 775. The zero-order valence-corrected chi connectivity index (χ0v) is 19.8. The fraction of sp³-hybridized carbons (Fsp3) is 0.500. The van der Waals surface area contributed by atoms with Crippen molar-refractivity contribution < 1.29 is 9.47 Å². The van der Waals surface area contributed by atoms with Crippen molar-refractivity contribution in [2.45, 2.75) is 33.4 Å². The van der Waals surface area contributed by atoms with Crippen LogP contribution in [0.25, 0.3) is 0 Å². The van der Waals surface area contributed by atoms with Crippen molar-refractivity contribution in [3.8, 4) is 5.75 Å². The van der Waals surface area contributed by atoms with Crippen LogP contribution >= 0.6 is 35.3 Å². The second-order valence-electron chi connectivity index (χ2n) is 6.78. The van der Waals surface area contributed by atoms with Gasteiger partial charge in [-0.15, -0.1) is 35.3 Å². The summed E-state index contributed by atoms with van der Waals surface area (Å²) in [4.78, 5) is 9.77. The van der Waals surface area contributed by atoms with Gasteiger partial charge in [-0.25, -0.2) is 4.98 Å². The smallest absolute Gasteiger partial charge is 0.191 e. The number of halogens is 1. The van der Waals surface area contributed by atoms with Gasteiger partial charge in [0, 0.05) is 42.8 Å². The van der Waals surface area contributed by atoms with E-state index in [0.29, 0.717) is 25.6 Å². The number of aryl methyl sites for hydroxylation is 2. The Hall–Kier alpha value is -1.39. The summed E-state index contributed by atoms with van der Waals surface area (Å²) in [6.45, 7) is 7.80. The largest absolute Gasteiger partial charge is 0.493 e. The van der Waals surface area contributed by atoms with Crippen LogP contribution in [0.4, 0.5) is 0 Å². The van der Waals surface area contributed by atoms with Gasteiger partial charge in [-0.1, -0.05) is 12.1 Å². The first-order chi connectivity index (χ1) is 13.1. The highest BCUT2D eigenvalue weighted by molar-refractivity contribution is 14.0. The molecule has 2 heterocycles. The molecule has 6 nitrogen and oxygen atoms in total. The summed E-state index contributed by atoms with van der Waals surface area (Å²) in [6, 6.07) is 6.32. The Labute approximate surface area is 188 Å². The molecule has 0 spiro atoms. The summed E-state index contributed by atoms with van der Waals surface area (Å²) in [7, 11) is 1.78. The Balaban J connectivity index is 0.00000280. The molecule has 154 valence electrons. The quantitative estimate of drug-likeness (QED) is 0.334. The van der Waals surface area contributed by atoms with E-state index in [9.17, 15) is 0 Å². The van der Waals surface area contributed by atoms with Crippen LogP contribution in [0.3, 0.4) is 0 Å². The number of rotatable bonds is 7. The lowest BCUT2D eigenvalue weighted by molar-refractivity contribution is 0.166. The molecule has 0 radical (unpaired) electrons. The molecule has 1 aliphatic rings.